The SMILES string of the molecule is COC(C(=O)NC(CCO)C(=O)O)c1ccccc1. The van der Waals surface area contributed by atoms with Crippen LogP contribution in [0.5, 0.6) is 0 Å². The zero-order valence-electron chi connectivity index (χ0n) is 10.6. The molecular formula is C13H17NO5. The van der Waals surface area contributed by atoms with Gasteiger partial charge in [-0.2, -0.15) is 0 Å². The summed E-state index contributed by atoms with van der Waals surface area (Å²) in [6.07, 6.45) is -0.923. The van der Waals surface area contributed by atoms with Crippen LogP contribution in [0.1, 0.15) is 18.1 Å². The minimum atomic E-state index is -1.19. The normalized spacial score (nSPS) is 13.6. The fourth-order valence-electron chi connectivity index (χ4n) is 1.66. The minimum absolute atomic E-state index is 0.0493. The summed E-state index contributed by atoms with van der Waals surface area (Å²) in [5, 5.41) is 20.0. The van der Waals surface area contributed by atoms with Gasteiger partial charge in [0, 0.05) is 20.1 Å². The molecule has 6 nitrogen and oxygen atoms in total. The summed E-state index contributed by atoms with van der Waals surface area (Å²) in [6.45, 7) is -0.319. The van der Waals surface area contributed by atoms with E-state index in [0.717, 1.165) is 0 Å². The molecule has 0 aliphatic heterocycles. The van der Waals surface area contributed by atoms with Crippen LogP contribution in [0.4, 0.5) is 0 Å². The molecule has 0 saturated heterocycles. The lowest BCUT2D eigenvalue weighted by Crippen LogP contribution is -2.43. The van der Waals surface area contributed by atoms with Crippen LogP contribution in [0, 0.1) is 0 Å². The maximum Gasteiger partial charge on any atom is 0.326 e. The molecule has 0 fully saturated rings. The number of aliphatic hydroxyl groups excluding tert-OH is 1. The van der Waals surface area contributed by atoms with Crippen LogP contribution in [0.25, 0.3) is 0 Å². The average molecular weight is 267 g/mol. The Hall–Kier alpha value is -1.92. The monoisotopic (exact) mass is 267 g/mol. The Morgan fingerprint density at radius 2 is 1.95 bits per heavy atom. The Kier molecular flexibility index (Phi) is 5.98. The van der Waals surface area contributed by atoms with E-state index in [4.69, 9.17) is 14.9 Å². The molecule has 2 atom stereocenters. The van der Waals surface area contributed by atoms with Crippen molar-refractivity contribution in [2.75, 3.05) is 13.7 Å². The third kappa shape index (κ3) is 4.35. The highest BCUT2D eigenvalue weighted by Gasteiger charge is 2.25. The van der Waals surface area contributed by atoms with Crippen molar-refractivity contribution in [1.82, 2.24) is 5.32 Å². The number of carbonyl (C=O) groups excluding carboxylic acids is 1. The van der Waals surface area contributed by atoms with Crippen LogP contribution in [0.2, 0.25) is 0 Å². The molecule has 6 heteroatoms. The number of hydrogen-bond donors (Lipinski definition) is 3. The molecule has 1 aromatic carbocycles. The predicted octanol–water partition coefficient (Wildman–Crippen LogP) is 0.326. The van der Waals surface area contributed by atoms with Gasteiger partial charge in [-0.3, -0.25) is 4.79 Å². The molecule has 0 heterocycles. The fraction of sp³-hybridized carbons (Fsp3) is 0.385. The van der Waals surface area contributed by atoms with Crippen molar-refractivity contribution in [2.45, 2.75) is 18.6 Å². The molecule has 1 amide bonds. The number of hydrogen-bond acceptors (Lipinski definition) is 4. The zero-order chi connectivity index (χ0) is 14.3. The number of ether oxygens (including phenoxy) is 1. The third-order valence-corrected chi connectivity index (χ3v) is 2.61. The second-order valence-corrected chi connectivity index (χ2v) is 3.94. The van der Waals surface area contributed by atoms with Crippen molar-refractivity contribution in [2.24, 2.45) is 0 Å². The highest BCUT2D eigenvalue weighted by molar-refractivity contribution is 5.87. The first-order valence-corrected chi connectivity index (χ1v) is 5.82. The second kappa shape index (κ2) is 7.50. The van der Waals surface area contributed by atoms with Gasteiger partial charge < -0.3 is 20.3 Å². The lowest BCUT2D eigenvalue weighted by molar-refractivity contribution is -0.144. The van der Waals surface area contributed by atoms with Crippen molar-refractivity contribution < 1.29 is 24.5 Å². The van der Waals surface area contributed by atoms with E-state index < -0.39 is 24.0 Å². The molecule has 0 bridgehead atoms. The quantitative estimate of drug-likeness (QED) is 0.661. The van der Waals surface area contributed by atoms with Gasteiger partial charge in [-0.15, -0.1) is 0 Å². The summed E-state index contributed by atoms with van der Waals surface area (Å²) in [6, 6.07) is 7.64. The zero-order valence-corrected chi connectivity index (χ0v) is 10.6. The van der Waals surface area contributed by atoms with Crippen molar-refractivity contribution in [3.8, 4) is 0 Å². The van der Waals surface area contributed by atoms with Crippen molar-refractivity contribution in [3.63, 3.8) is 0 Å². The van der Waals surface area contributed by atoms with Crippen LogP contribution in [-0.4, -0.2) is 41.8 Å². The molecule has 0 aliphatic rings. The molecule has 1 rings (SSSR count). The maximum atomic E-state index is 12.0. The number of carboxylic acids is 1. The second-order valence-electron chi connectivity index (χ2n) is 3.94. The molecule has 0 radical (unpaired) electrons. The van der Waals surface area contributed by atoms with E-state index in [-0.39, 0.29) is 13.0 Å². The number of carbonyl (C=O) groups is 2. The largest absolute Gasteiger partial charge is 0.480 e. The number of benzene rings is 1. The predicted molar refractivity (Wildman–Crippen MR) is 67.5 cm³/mol. The molecule has 3 N–H and O–H groups in total. The number of rotatable bonds is 7. The summed E-state index contributed by atoms with van der Waals surface area (Å²) in [5.74, 6) is -1.74. The Balaban J connectivity index is 2.76. The van der Waals surface area contributed by atoms with Gasteiger partial charge in [0.15, 0.2) is 6.10 Å². The number of aliphatic hydroxyl groups is 1. The van der Waals surface area contributed by atoms with Crippen molar-refractivity contribution in [3.05, 3.63) is 35.9 Å². The molecule has 2 unspecified atom stereocenters. The van der Waals surface area contributed by atoms with Gasteiger partial charge >= 0.3 is 5.97 Å². The first-order valence-electron chi connectivity index (χ1n) is 5.82. The minimum Gasteiger partial charge on any atom is -0.480 e. The molecule has 104 valence electrons. The molecule has 0 aromatic heterocycles. The van der Waals surface area contributed by atoms with Gasteiger partial charge in [0.1, 0.15) is 6.04 Å². The van der Waals surface area contributed by atoms with E-state index >= 15 is 0 Å². The van der Waals surface area contributed by atoms with E-state index in [0.29, 0.717) is 5.56 Å². The molecule has 0 aliphatic carbocycles. The lowest BCUT2D eigenvalue weighted by atomic mass is 10.1. The Morgan fingerprint density at radius 1 is 1.32 bits per heavy atom. The smallest absolute Gasteiger partial charge is 0.326 e. The summed E-state index contributed by atoms with van der Waals surface area (Å²) >= 11 is 0. The summed E-state index contributed by atoms with van der Waals surface area (Å²) in [4.78, 5) is 22.9. The van der Waals surface area contributed by atoms with Crippen LogP contribution in [0.15, 0.2) is 30.3 Å². The number of aliphatic carboxylic acids is 1. The van der Waals surface area contributed by atoms with Gasteiger partial charge in [0.25, 0.3) is 5.91 Å². The molecule has 0 spiro atoms. The topological polar surface area (TPSA) is 95.9 Å². The average Bonchev–Trinajstić information content (AvgIpc) is 2.40. The van der Waals surface area contributed by atoms with E-state index in [2.05, 4.69) is 5.32 Å². The van der Waals surface area contributed by atoms with Gasteiger partial charge in [0.05, 0.1) is 0 Å². The summed E-state index contributed by atoms with van der Waals surface area (Å²) in [5.41, 5.74) is 0.635. The Labute approximate surface area is 111 Å². The van der Waals surface area contributed by atoms with Crippen molar-refractivity contribution >= 4 is 11.9 Å². The Bertz CT molecular complexity index is 420. The summed E-state index contributed by atoms with van der Waals surface area (Å²) < 4.78 is 5.09. The van der Waals surface area contributed by atoms with Crippen LogP contribution >= 0.6 is 0 Å². The highest BCUT2D eigenvalue weighted by atomic mass is 16.5. The van der Waals surface area contributed by atoms with Gasteiger partial charge in [-0.1, -0.05) is 30.3 Å². The van der Waals surface area contributed by atoms with Crippen LogP contribution < -0.4 is 5.32 Å². The molecule has 1 aromatic rings. The summed E-state index contributed by atoms with van der Waals surface area (Å²) in [7, 11) is 1.37. The number of carboxylic acid groups (broad SMARTS) is 1. The number of amides is 1. The number of nitrogens with one attached hydrogen (secondary N) is 1. The van der Waals surface area contributed by atoms with Crippen LogP contribution in [-0.2, 0) is 14.3 Å². The van der Waals surface area contributed by atoms with Gasteiger partial charge in [-0.05, 0) is 5.56 Å². The van der Waals surface area contributed by atoms with Crippen LogP contribution in [0.3, 0.4) is 0 Å². The third-order valence-electron chi connectivity index (χ3n) is 2.61. The maximum absolute atomic E-state index is 12.0. The molecule has 0 saturated carbocycles. The van der Waals surface area contributed by atoms with E-state index in [9.17, 15) is 9.59 Å². The molecular weight excluding hydrogens is 250 g/mol. The van der Waals surface area contributed by atoms with E-state index in [1.54, 1.807) is 30.3 Å². The van der Waals surface area contributed by atoms with Gasteiger partial charge in [-0.25, -0.2) is 4.79 Å². The first kappa shape index (κ1) is 15.1. The standard InChI is InChI=1S/C13H17NO5/c1-19-11(9-5-3-2-4-6-9)12(16)14-10(7-8-15)13(17)18/h2-6,10-11,15H,7-8H2,1H3,(H,14,16)(H,17,18). The lowest BCUT2D eigenvalue weighted by Gasteiger charge is -2.19. The first-order chi connectivity index (χ1) is 9.10. The molecule has 19 heavy (non-hydrogen) atoms. The number of methoxy groups -OCH3 is 1. The fourth-order valence-corrected chi connectivity index (χ4v) is 1.66. The van der Waals surface area contributed by atoms with Gasteiger partial charge in [0.2, 0.25) is 0 Å². The van der Waals surface area contributed by atoms with Crippen molar-refractivity contribution in [1.29, 1.82) is 0 Å². The Morgan fingerprint density at radius 3 is 2.42 bits per heavy atom. The highest BCUT2D eigenvalue weighted by Crippen LogP contribution is 2.16. The van der Waals surface area contributed by atoms with E-state index in [1.165, 1.54) is 7.11 Å². The van der Waals surface area contributed by atoms with E-state index in [1.807, 2.05) is 0 Å².